The number of amides is 1. The standard InChI is InChI=1S/C11H16N2OS/c1-3-4-9-11(14)13(2)10(12-9)8-5-6-15-7-8/h5-7,9-10,12H,3-4H2,1-2H3. The minimum absolute atomic E-state index is 0.00454. The van der Waals surface area contributed by atoms with Crippen LogP contribution >= 0.6 is 11.3 Å². The molecule has 2 heterocycles. The van der Waals surface area contributed by atoms with Crippen LogP contribution in [0.25, 0.3) is 0 Å². The SMILES string of the molecule is CCCC1NC(c2ccsc2)N(C)C1=O. The van der Waals surface area contributed by atoms with Gasteiger partial charge in [-0.05, 0) is 28.8 Å². The summed E-state index contributed by atoms with van der Waals surface area (Å²) in [5.74, 6) is 0.216. The summed E-state index contributed by atoms with van der Waals surface area (Å²) in [4.78, 5) is 13.7. The zero-order chi connectivity index (χ0) is 10.8. The number of nitrogens with zero attached hydrogens (tertiary/aromatic N) is 1. The smallest absolute Gasteiger partial charge is 0.241 e. The molecule has 0 spiro atoms. The van der Waals surface area contributed by atoms with Crippen molar-refractivity contribution < 1.29 is 4.79 Å². The molecule has 2 atom stereocenters. The molecule has 1 amide bonds. The number of carbonyl (C=O) groups excluding carboxylic acids is 1. The van der Waals surface area contributed by atoms with Crippen LogP contribution in [0.4, 0.5) is 0 Å². The number of likely N-dealkylation sites (N-methyl/N-ethyl adjacent to an activating group) is 1. The summed E-state index contributed by atoms with van der Waals surface area (Å²) in [6.45, 7) is 2.10. The number of hydrogen-bond donors (Lipinski definition) is 1. The van der Waals surface area contributed by atoms with Crippen LogP contribution in [0.2, 0.25) is 0 Å². The zero-order valence-corrected chi connectivity index (χ0v) is 9.88. The second-order valence-corrected chi connectivity index (χ2v) is 4.70. The van der Waals surface area contributed by atoms with Crippen molar-refractivity contribution in [3.63, 3.8) is 0 Å². The minimum Gasteiger partial charge on any atom is -0.325 e. The van der Waals surface area contributed by atoms with Gasteiger partial charge in [0, 0.05) is 7.05 Å². The lowest BCUT2D eigenvalue weighted by Crippen LogP contribution is -2.28. The molecular formula is C11H16N2OS. The molecule has 15 heavy (non-hydrogen) atoms. The van der Waals surface area contributed by atoms with E-state index in [0.29, 0.717) is 0 Å². The van der Waals surface area contributed by atoms with Gasteiger partial charge in [0.15, 0.2) is 0 Å². The molecule has 0 aromatic carbocycles. The summed E-state index contributed by atoms with van der Waals surface area (Å²) in [5, 5.41) is 7.51. The van der Waals surface area contributed by atoms with E-state index in [4.69, 9.17) is 0 Å². The molecule has 1 N–H and O–H groups in total. The number of nitrogens with one attached hydrogen (secondary N) is 1. The van der Waals surface area contributed by atoms with Crippen molar-refractivity contribution in [2.45, 2.75) is 32.0 Å². The second-order valence-electron chi connectivity index (χ2n) is 3.92. The summed E-state index contributed by atoms with van der Waals surface area (Å²) < 4.78 is 0. The molecule has 0 aliphatic carbocycles. The molecule has 2 unspecified atom stereocenters. The molecule has 0 saturated carbocycles. The number of rotatable bonds is 3. The predicted molar refractivity (Wildman–Crippen MR) is 61.7 cm³/mol. The largest absolute Gasteiger partial charge is 0.325 e. The number of thiophene rings is 1. The highest BCUT2D eigenvalue weighted by atomic mass is 32.1. The fourth-order valence-electron chi connectivity index (χ4n) is 1.99. The molecule has 82 valence electrons. The van der Waals surface area contributed by atoms with Crippen LogP contribution in [0.3, 0.4) is 0 Å². The van der Waals surface area contributed by atoms with Crippen molar-refractivity contribution in [1.29, 1.82) is 0 Å². The van der Waals surface area contributed by atoms with E-state index in [1.54, 1.807) is 11.3 Å². The summed E-state index contributed by atoms with van der Waals surface area (Å²) in [6, 6.07) is 2.07. The van der Waals surface area contributed by atoms with E-state index < -0.39 is 0 Å². The molecule has 3 nitrogen and oxygen atoms in total. The van der Waals surface area contributed by atoms with Gasteiger partial charge < -0.3 is 4.90 Å². The lowest BCUT2D eigenvalue weighted by molar-refractivity contribution is -0.128. The molecular weight excluding hydrogens is 208 g/mol. The van der Waals surface area contributed by atoms with Crippen LogP contribution in [0.15, 0.2) is 16.8 Å². The zero-order valence-electron chi connectivity index (χ0n) is 9.06. The highest BCUT2D eigenvalue weighted by Crippen LogP contribution is 2.26. The van der Waals surface area contributed by atoms with E-state index in [1.807, 2.05) is 17.3 Å². The van der Waals surface area contributed by atoms with Crippen LogP contribution in [0, 0.1) is 0 Å². The molecule has 1 fully saturated rings. The molecule has 1 aromatic heterocycles. The molecule has 4 heteroatoms. The van der Waals surface area contributed by atoms with E-state index in [0.717, 1.165) is 12.8 Å². The van der Waals surface area contributed by atoms with Gasteiger partial charge in [-0.15, -0.1) is 0 Å². The van der Waals surface area contributed by atoms with E-state index in [9.17, 15) is 4.79 Å². The van der Waals surface area contributed by atoms with Gasteiger partial charge in [-0.1, -0.05) is 13.3 Å². The summed E-state index contributed by atoms with van der Waals surface area (Å²) >= 11 is 1.67. The highest BCUT2D eigenvalue weighted by Gasteiger charge is 2.36. The van der Waals surface area contributed by atoms with Crippen LogP contribution in [-0.2, 0) is 4.79 Å². The summed E-state index contributed by atoms with van der Waals surface area (Å²) in [6.07, 6.45) is 2.03. The van der Waals surface area contributed by atoms with Crippen molar-refractivity contribution in [3.05, 3.63) is 22.4 Å². The maximum atomic E-state index is 11.9. The number of carbonyl (C=O) groups is 1. The van der Waals surface area contributed by atoms with Gasteiger partial charge in [-0.25, -0.2) is 0 Å². The first-order valence-corrected chi connectivity index (χ1v) is 6.23. The molecule has 1 aromatic rings. The highest BCUT2D eigenvalue weighted by molar-refractivity contribution is 7.07. The molecule has 1 saturated heterocycles. The minimum atomic E-state index is 0.00454. The Bertz CT molecular complexity index is 336. The van der Waals surface area contributed by atoms with Gasteiger partial charge in [0.1, 0.15) is 6.17 Å². The van der Waals surface area contributed by atoms with Gasteiger partial charge in [-0.2, -0.15) is 11.3 Å². The van der Waals surface area contributed by atoms with Crippen molar-refractivity contribution in [2.24, 2.45) is 0 Å². The Hall–Kier alpha value is -0.870. The Morgan fingerprint density at radius 2 is 2.40 bits per heavy atom. The third-order valence-corrected chi connectivity index (χ3v) is 3.53. The van der Waals surface area contributed by atoms with Gasteiger partial charge >= 0.3 is 0 Å². The molecule has 0 bridgehead atoms. The third kappa shape index (κ3) is 1.92. The van der Waals surface area contributed by atoms with E-state index in [1.165, 1.54) is 5.56 Å². The van der Waals surface area contributed by atoms with Gasteiger partial charge in [-0.3, -0.25) is 10.1 Å². The van der Waals surface area contributed by atoms with Gasteiger partial charge in [0.25, 0.3) is 0 Å². The van der Waals surface area contributed by atoms with E-state index >= 15 is 0 Å². The Balaban J connectivity index is 2.13. The van der Waals surface area contributed by atoms with Crippen molar-refractivity contribution in [2.75, 3.05) is 7.05 Å². The monoisotopic (exact) mass is 224 g/mol. The Labute approximate surface area is 94.1 Å². The normalized spacial score (nSPS) is 26.3. The molecule has 1 aliphatic rings. The summed E-state index contributed by atoms with van der Waals surface area (Å²) in [5.41, 5.74) is 1.19. The molecule has 2 rings (SSSR count). The van der Waals surface area contributed by atoms with E-state index in [-0.39, 0.29) is 18.1 Å². The number of hydrogen-bond acceptors (Lipinski definition) is 3. The quantitative estimate of drug-likeness (QED) is 0.851. The van der Waals surface area contributed by atoms with Crippen molar-refractivity contribution in [1.82, 2.24) is 10.2 Å². The first-order chi connectivity index (χ1) is 7.24. The maximum Gasteiger partial charge on any atom is 0.241 e. The van der Waals surface area contributed by atoms with Crippen molar-refractivity contribution >= 4 is 17.2 Å². The Morgan fingerprint density at radius 3 is 3.00 bits per heavy atom. The fraction of sp³-hybridized carbons (Fsp3) is 0.545. The fourth-order valence-corrected chi connectivity index (χ4v) is 2.67. The topological polar surface area (TPSA) is 32.3 Å². The molecule has 0 radical (unpaired) electrons. The first kappa shape index (κ1) is 10.6. The van der Waals surface area contributed by atoms with Gasteiger partial charge in [0.2, 0.25) is 5.91 Å². The van der Waals surface area contributed by atoms with Crippen LogP contribution in [-0.4, -0.2) is 23.9 Å². The second kappa shape index (κ2) is 4.33. The predicted octanol–water partition coefficient (Wildman–Crippen LogP) is 1.98. The lowest BCUT2D eigenvalue weighted by atomic mass is 10.2. The van der Waals surface area contributed by atoms with Crippen molar-refractivity contribution in [3.8, 4) is 0 Å². The Kier molecular flexibility index (Phi) is 3.07. The lowest BCUT2D eigenvalue weighted by Gasteiger charge is -2.17. The first-order valence-electron chi connectivity index (χ1n) is 5.29. The van der Waals surface area contributed by atoms with E-state index in [2.05, 4.69) is 23.7 Å². The van der Waals surface area contributed by atoms with Crippen LogP contribution < -0.4 is 5.32 Å². The summed E-state index contributed by atoms with van der Waals surface area (Å²) in [7, 11) is 1.87. The average molecular weight is 224 g/mol. The third-order valence-electron chi connectivity index (χ3n) is 2.83. The van der Waals surface area contributed by atoms with Crippen LogP contribution in [0.1, 0.15) is 31.5 Å². The van der Waals surface area contributed by atoms with Gasteiger partial charge in [0.05, 0.1) is 6.04 Å². The average Bonchev–Trinajstić information content (AvgIpc) is 2.82. The maximum absolute atomic E-state index is 11.9. The Morgan fingerprint density at radius 1 is 1.60 bits per heavy atom. The molecule has 1 aliphatic heterocycles. The van der Waals surface area contributed by atoms with Crippen LogP contribution in [0.5, 0.6) is 0 Å².